The van der Waals surface area contributed by atoms with Crippen molar-refractivity contribution in [3.63, 3.8) is 0 Å². The number of aryl methyl sites for hydroxylation is 1. The molecule has 2 aromatic carbocycles. The van der Waals surface area contributed by atoms with Gasteiger partial charge in [0.25, 0.3) is 0 Å². The molecular weight excluding hydrogens is 382 g/mol. The normalized spacial score (nSPS) is 13.2. The second-order valence-corrected chi connectivity index (χ2v) is 8.40. The Morgan fingerprint density at radius 3 is 2.61 bits per heavy atom. The largest absolute Gasteiger partial charge is 0.496 e. The molecule has 0 aliphatic carbocycles. The van der Waals surface area contributed by atoms with Gasteiger partial charge in [0.2, 0.25) is 10.0 Å². The lowest BCUT2D eigenvalue weighted by molar-refractivity contribution is 0.289. The summed E-state index contributed by atoms with van der Waals surface area (Å²) in [6.45, 7) is 0.145. The van der Waals surface area contributed by atoms with Crippen LogP contribution in [0.25, 0.3) is 11.1 Å². The standard InChI is InChI=1S/C19H23N3O5S/c1-21(2)16(14-7-5-6-8-17(14)26-4)12-20-28(24,25)13-9-10-15-18(11-13)27-19(23)22(15)3/h5-11,16,20H,12H2,1-4H3. The predicted molar refractivity (Wildman–Crippen MR) is 106 cm³/mol. The van der Waals surface area contributed by atoms with Crippen molar-refractivity contribution >= 4 is 21.1 Å². The molecule has 0 spiro atoms. The number of likely N-dealkylation sites (N-methyl/N-ethyl adjacent to an activating group) is 1. The molecule has 3 aromatic rings. The summed E-state index contributed by atoms with van der Waals surface area (Å²) in [4.78, 5) is 13.6. The molecule has 1 atom stereocenters. The Kier molecular flexibility index (Phi) is 5.59. The molecule has 1 heterocycles. The van der Waals surface area contributed by atoms with E-state index < -0.39 is 15.8 Å². The second kappa shape index (κ2) is 7.78. The smallest absolute Gasteiger partial charge is 0.419 e. The number of benzene rings is 2. The van der Waals surface area contributed by atoms with Crippen molar-refractivity contribution in [3.8, 4) is 5.75 Å². The summed E-state index contributed by atoms with van der Waals surface area (Å²) in [6, 6.07) is 11.6. The zero-order chi connectivity index (χ0) is 20.5. The summed E-state index contributed by atoms with van der Waals surface area (Å²) < 4.78 is 40.0. The Morgan fingerprint density at radius 2 is 1.93 bits per heavy atom. The summed E-state index contributed by atoms with van der Waals surface area (Å²) in [7, 11) is 3.09. The number of fused-ring (bicyclic) bond motifs is 1. The van der Waals surface area contributed by atoms with Crippen LogP contribution in [0, 0.1) is 0 Å². The maximum Gasteiger partial charge on any atom is 0.419 e. The minimum Gasteiger partial charge on any atom is -0.496 e. The van der Waals surface area contributed by atoms with Gasteiger partial charge in [-0.05, 0) is 32.3 Å². The predicted octanol–water partition coefficient (Wildman–Crippen LogP) is 1.72. The molecule has 0 fully saturated rings. The minimum atomic E-state index is -3.80. The molecule has 28 heavy (non-hydrogen) atoms. The topological polar surface area (TPSA) is 93.8 Å². The van der Waals surface area contributed by atoms with E-state index in [0.717, 1.165) is 5.56 Å². The van der Waals surface area contributed by atoms with E-state index in [9.17, 15) is 13.2 Å². The summed E-state index contributed by atoms with van der Waals surface area (Å²) in [5, 5.41) is 0. The van der Waals surface area contributed by atoms with Crippen LogP contribution in [0.2, 0.25) is 0 Å². The molecule has 0 aliphatic heterocycles. The number of aromatic nitrogens is 1. The molecule has 3 rings (SSSR count). The monoisotopic (exact) mass is 405 g/mol. The van der Waals surface area contributed by atoms with Crippen LogP contribution >= 0.6 is 0 Å². The van der Waals surface area contributed by atoms with Crippen molar-refractivity contribution in [1.29, 1.82) is 0 Å². The van der Waals surface area contributed by atoms with Crippen LogP contribution in [-0.2, 0) is 17.1 Å². The number of nitrogens with one attached hydrogen (secondary N) is 1. The fraction of sp³-hybridized carbons (Fsp3) is 0.316. The van der Waals surface area contributed by atoms with Crippen molar-refractivity contribution in [2.75, 3.05) is 27.7 Å². The van der Waals surface area contributed by atoms with Crippen LogP contribution < -0.4 is 15.2 Å². The number of ether oxygens (including phenoxy) is 1. The van der Waals surface area contributed by atoms with Crippen LogP contribution in [-0.4, -0.2) is 45.6 Å². The Hall–Kier alpha value is -2.62. The number of nitrogens with zero attached hydrogens (tertiary/aromatic N) is 2. The SMILES string of the molecule is COc1ccccc1C(CNS(=O)(=O)c1ccc2c(c1)oc(=O)n2C)N(C)C. The first-order chi connectivity index (χ1) is 13.2. The van der Waals surface area contributed by atoms with Gasteiger partial charge in [-0.15, -0.1) is 0 Å². The van der Waals surface area contributed by atoms with Crippen molar-refractivity contribution < 1.29 is 17.6 Å². The highest BCUT2D eigenvalue weighted by molar-refractivity contribution is 7.89. The van der Waals surface area contributed by atoms with Crippen molar-refractivity contribution in [2.45, 2.75) is 10.9 Å². The summed E-state index contributed by atoms with van der Waals surface area (Å²) in [5.74, 6) is 0.147. The van der Waals surface area contributed by atoms with Gasteiger partial charge in [0.1, 0.15) is 5.75 Å². The van der Waals surface area contributed by atoms with E-state index in [2.05, 4.69) is 4.72 Å². The zero-order valence-corrected chi connectivity index (χ0v) is 17.0. The highest BCUT2D eigenvalue weighted by Crippen LogP contribution is 2.28. The van der Waals surface area contributed by atoms with Gasteiger partial charge in [0, 0.05) is 25.2 Å². The molecule has 0 saturated carbocycles. The quantitative estimate of drug-likeness (QED) is 0.643. The van der Waals surface area contributed by atoms with Crippen LogP contribution in [0.5, 0.6) is 5.75 Å². The molecule has 1 aromatic heterocycles. The first-order valence-electron chi connectivity index (χ1n) is 8.63. The van der Waals surface area contributed by atoms with E-state index in [1.165, 1.54) is 16.7 Å². The number of oxazole rings is 1. The van der Waals surface area contributed by atoms with E-state index in [4.69, 9.17) is 9.15 Å². The van der Waals surface area contributed by atoms with Crippen molar-refractivity contribution in [3.05, 3.63) is 58.6 Å². The highest BCUT2D eigenvalue weighted by Gasteiger charge is 2.23. The number of sulfonamides is 1. The molecule has 0 amide bonds. The second-order valence-electron chi connectivity index (χ2n) is 6.63. The van der Waals surface area contributed by atoms with Crippen LogP contribution in [0.4, 0.5) is 0 Å². The van der Waals surface area contributed by atoms with Gasteiger partial charge < -0.3 is 14.1 Å². The molecular formula is C19H23N3O5S. The van der Waals surface area contributed by atoms with Gasteiger partial charge in [-0.2, -0.15) is 0 Å². The van der Waals surface area contributed by atoms with Gasteiger partial charge in [-0.25, -0.2) is 17.9 Å². The molecule has 150 valence electrons. The van der Waals surface area contributed by atoms with E-state index in [-0.39, 0.29) is 23.1 Å². The Morgan fingerprint density at radius 1 is 1.21 bits per heavy atom. The lowest BCUT2D eigenvalue weighted by Crippen LogP contribution is -2.34. The van der Waals surface area contributed by atoms with Gasteiger partial charge in [0.15, 0.2) is 5.58 Å². The summed E-state index contributed by atoms with van der Waals surface area (Å²) >= 11 is 0. The molecule has 0 aliphatic rings. The van der Waals surface area contributed by atoms with Gasteiger partial charge >= 0.3 is 5.76 Å². The number of para-hydroxylation sites is 1. The Labute approximate surface area is 163 Å². The fourth-order valence-corrected chi connectivity index (χ4v) is 4.12. The number of hydrogen-bond acceptors (Lipinski definition) is 6. The van der Waals surface area contributed by atoms with E-state index in [1.807, 2.05) is 43.3 Å². The van der Waals surface area contributed by atoms with E-state index in [0.29, 0.717) is 11.3 Å². The fourth-order valence-electron chi connectivity index (χ4n) is 3.07. The van der Waals surface area contributed by atoms with E-state index >= 15 is 0 Å². The summed E-state index contributed by atoms with van der Waals surface area (Å²) in [5.41, 5.74) is 1.63. The van der Waals surface area contributed by atoms with Crippen LogP contribution in [0.15, 0.2) is 56.6 Å². The summed E-state index contributed by atoms with van der Waals surface area (Å²) in [6.07, 6.45) is 0. The third kappa shape index (κ3) is 3.82. The third-order valence-corrected chi connectivity index (χ3v) is 6.08. The van der Waals surface area contributed by atoms with Crippen LogP contribution in [0.3, 0.4) is 0 Å². The first-order valence-corrected chi connectivity index (χ1v) is 10.1. The minimum absolute atomic E-state index is 0.0342. The van der Waals surface area contributed by atoms with Crippen molar-refractivity contribution in [1.82, 2.24) is 14.2 Å². The lowest BCUT2D eigenvalue weighted by Gasteiger charge is -2.26. The number of methoxy groups -OCH3 is 1. The number of rotatable bonds is 7. The van der Waals surface area contributed by atoms with Crippen LogP contribution in [0.1, 0.15) is 11.6 Å². The van der Waals surface area contributed by atoms with Gasteiger partial charge in [0.05, 0.1) is 23.6 Å². The maximum absolute atomic E-state index is 12.8. The average Bonchev–Trinajstić information content (AvgIpc) is 2.95. The molecule has 8 nitrogen and oxygen atoms in total. The third-order valence-electron chi connectivity index (χ3n) is 4.66. The van der Waals surface area contributed by atoms with E-state index in [1.54, 1.807) is 20.2 Å². The molecule has 1 unspecified atom stereocenters. The Bertz CT molecular complexity index is 1150. The molecule has 1 N–H and O–H groups in total. The Balaban J connectivity index is 1.88. The molecule has 0 saturated heterocycles. The maximum atomic E-state index is 12.8. The highest BCUT2D eigenvalue weighted by atomic mass is 32.2. The van der Waals surface area contributed by atoms with Gasteiger partial charge in [-0.3, -0.25) is 4.57 Å². The molecule has 0 radical (unpaired) electrons. The van der Waals surface area contributed by atoms with Gasteiger partial charge in [-0.1, -0.05) is 18.2 Å². The molecule has 0 bridgehead atoms. The number of hydrogen-bond donors (Lipinski definition) is 1. The molecule has 9 heteroatoms. The van der Waals surface area contributed by atoms with Crippen molar-refractivity contribution in [2.24, 2.45) is 7.05 Å². The average molecular weight is 405 g/mol. The lowest BCUT2D eigenvalue weighted by atomic mass is 10.1. The first kappa shape index (κ1) is 20.1. The zero-order valence-electron chi connectivity index (χ0n) is 16.2.